The fourth-order valence-corrected chi connectivity index (χ4v) is 4.47. The Labute approximate surface area is 178 Å². The predicted octanol–water partition coefficient (Wildman–Crippen LogP) is 2.44. The lowest BCUT2D eigenvalue weighted by molar-refractivity contribution is -0.139. The quantitative estimate of drug-likeness (QED) is 0.714. The number of rotatable bonds is 6. The molecule has 1 amide bonds. The molecule has 0 bridgehead atoms. The lowest BCUT2D eigenvalue weighted by Crippen LogP contribution is -2.51. The number of likely N-dealkylation sites (tertiary alicyclic amines) is 1. The highest BCUT2D eigenvalue weighted by Crippen LogP contribution is 2.22. The van der Waals surface area contributed by atoms with E-state index in [0.29, 0.717) is 11.6 Å². The lowest BCUT2D eigenvalue weighted by atomic mass is 9.94. The third kappa shape index (κ3) is 5.36. The van der Waals surface area contributed by atoms with Crippen LogP contribution in [0.3, 0.4) is 0 Å². The molecule has 2 fully saturated rings. The van der Waals surface area contributed by atoms with Gasteiger partial charge in [-0.15, -0.1) is 0 Å². The Morgan fingerprint density at radius 2 is 1.60 bits per heavy atom. The van der Waals surface area contributed by atoms with Crippen molar-refractivity contribution in [2.45, 2.75) is 25.9 Å². The molecule has 3 heterocycles. The molecule has 0 unspecified atom stereocenters. The Hall–Kier alpha value is -2.48. The van der Waals surface area contributed by atoms with Crippen molar-refractivity contribution < 1.29 is 10.0 Å². The largest absolute Gasteiger partial charge is 0.340 e. The van der Waals surface area contributed by atoms with Crippen LogP contribution in [0, 0.1) is 5.92 Å². The summed E-state index contributed by atoms with van der Waals surface area (Å²) >= 11 is 0. The van der Waals surface area contributed by atoms with Gasteiger partial charge in [-0.25, -0.2) is 0 Å². The summed E-state index contributed by atoms with van der Waals surface area (Å²) in [6.07, 6.45) is 5.58. The minimum atomic E-state index is 0.164. The van der Waals surface area contributed by atoms with Crippen LogP contribution in [0.5, 0.6) is 0 Å². The molecule has 30 heavy (non-hydrogen) atoms. The summed E-state index contributed by atoms with van der Waals surface area (Å²) in [5.74, 6) is 0.502. The van der Waals surface area contributed by atoms with Gasteiger partial charge in [0.1, 0.15) is 0 Å². The Balaban J connectivity index is 1.21. The second kappa shape index (κ2) is 10.0. The maximum absolute atomic E-state index is 13.0. The molecule has 2 N–H and O–H groups in total. The summed E-state index contributed by atoms with van der Waals surface area (Å²) < 4.78 is 0. The fourth-order valence-electron chi connectivity index (χ4n) is 4.47. The average molecular weight is 410 g/mol. The Morgan fingerprint density at radius 3 is 2.30 bits per heavy atom. The van der Waals surface area contributed by atoms with Crippen LogP contribution in [-0.4, -0.2) is 70.1 Å². The van der Waals surface area contributed by atoms with Gasteiger partial charge in [0.15, 0.2) is 0 Å². The number of pyridine rings is 1. The fraction of sp³-hybridized carbons (Fsp3) is 0.478. The van der Waals surface area contributed by atoms with E-state index in [1.165, 1.54) is 5.56 Å². The lowest BCUT2D eigenvalue weighted by Gasteiger charge is -2.38. The van der Waals surface area contributed by atoms with Gasteiger partial charge in [-0.1, -0.05) is 12.1 Å². The molecule has 7 heteroatoms. The molecule has 2 saturated heterocycles. The van der Waals surface area contributed by atoms with Crippen LogP contribution in [0.15, 0.2) is 48.8 Å². The van der Waals surface area contributed by atoms with Gasteiger partial charge in [0.05, 0.1) is 5.69 Å². The molecule has 2 aliphatic heterocycles. The van der Waals surface area contributed by atoms with Crippen LogP contribution >= 0.6 is 0 Å². The highest BCUT2D eigenvalue weighted by Gasteiger charge is 2.30. The molecular weight excluding hydrogens is 378 g/mol. The van der Waals surface area contributed by atoms with E-state index in [2.05, 4.69) is 43.4 Å². The number of aromatic nitrogens is 1. The molecule has 0 atom stereocenters. The van der Waals surface area contributed by atoms with Crippen molar-refractivity contribution >= 4 is 11.6 Å². The van der Waals surface area contributed by atoms with E-state index in [9.17, 15) is 4.79 Å². The summed E-state index contributed by atoms with van der Waals surface area (Å²) in [5, 5.41) is 9.06. The molecule has 2 aromatic rings. The SMILES string of the molecule is O=C(C1CCN(Cc2ccncc2)CC1)N1CCN(Cc2cccc(NO)c2)CC1. The number of nitrogens with zero attached hydrogens (tertiary/aromatic N) is 4. The molecule has 7 nitrogen and oxygen atoms in total. The number of piperazine rings is 1. The van der Waals surface area contributed by atoms with Gasteiger partial charge >= 0.3 is 0 Å². The first kappa shape index (κ1) is 20.8. The number of carbonyl (C=O) groups is 1. The zero-order chi connectivity index (χ0) is 20.8. The minimum Gasteiger partial charge on any atom is -0.340 e. The first-order valence-corrected chi connectivity index (χ1v) is 10.8. The van der Waals surface area contributed by atoms with Gasteiger partial charge in [-0.2, -0.15) is 0 Å². The van der Waals surface area contributed by atoms with Crippen LogP contribution in [0.2, 0.25) is 0 Å². The summed E-state index contributed by atoms with van der Waals surface area (Å²) in [4.78, 5) is 24.0. The van der Waals surface area contributed by atoms with E-state index < -0.39 is 0 Å². The Morgan fingerprint density at radius 1 is 0.933 bits per heavy atom. The molecule has 0 saturated carbocycles. The van der Waals surface area contributed by atoms with Crippen molar-refractivity contribution in [3.63, 3.8) is 0 Å². The van der Waals surface area contributed by atoms with E-state index >= 15 is 0 Å². The van der Waals surface area contributed by atoms with Crippen LogP contribution in [0.1, 0.15) is 24.0 Å². The van der Waals surface area contributed by atoms with E-state index in [-0.39, 0.29) is 5.92 Å². The van der Waals surface area contributed by atoms with Crippen molar-refractivity contribution in [1.29, 1.82) is 0 Å². The zero-order valence-electron chi connectivity index (χ0n) is 17.4. The summed E-state index contributed by atoms with van der Waals surface area (Å²) in [5.41, 5.74) is 5.35. The number of benzene rings is 1. The predicted molar refractivity (Wildman–Crippen MR) is 116 cm³/mol. The van der Waals surface area contributed by atoms with Crippen LogP contribution in [-0.2, 0) is 17.9 Å². The maximum Gasteiger partial charge on any atom is 0.225 e. The number of carbonyl (C=O) groups excluding carboxylic acids is 1. The smallest absolute Gasteiger partial charge is 0.225 e. The third-order valence-electron chi connectivity index (χ3n) is 6.24. The van der Waals surface area contributed by atoms with Crippen LogP contribution in [0.25, 0.3) is 0 Å². The van der Waals surface area contributed by atoms with Crippen molar-refractivity contribution in [2.24, 2.45) is 5.92 Å². The van der Waals surface area contributed by atoms with E-state index in [1.54, 1.807) is 0 Å². The number of anilines is 1. The number of nitrogens with one attached hydrogen (secondary N) is 1. The Kier molecular flexibility index (Phi) is 6.94. The summed E-state index contributed by atoms with van der Waals surface area (Å²) in [7, 11) is 0. The number of piperidine rings is 1. The molecule has 0 spiro atoms. The van der Waals surface area contributed by atoms with Gasteiger partial charge < -0.3 is 4.90 Å². The second-order valence-electron chi connectivity index (χ2n) is 8.32. The first-order valence-electron chi connectivity index (χ1n) is 10.8. The normalized spacial score (nSPS) is 19.0. The standard InChI is InChI=1S/C23H31N5O2/c29-23(21-6-10-26(11-7-21)17-19-4-8-24-9-5-19)28-14-12-27(13-15-28)18-20-2-1-3-22(16-20)25-30/h1-5,8-9,16,21,25,30H,6-7,10-15,17-18H2. The average Bonchev–Trinajstić information content (AvgIpc) is 2.80. The van der Waals surface area contributed by atoms with Crippen molar-refractivity contribution in [1.82, 2.24) is 19.7 Å². The van der Waals surface area contributed by atoms with Gasteiger partial charge in [0.2, 0.25) is 5.91 Å². The summed E-state index contributed by atoms with van der Waals surface area (Å²) in [6, 6.07) is 11.9. The third-order valence-corrected chi connectivity index (χ3v) is 6.24. The van der Waals surface area contributed by atoms with Crippen molar-refractivity contribution in [3.05, 3.63) is 59.9 Å². The number of hydrogen-bond donors (Lipinski definition) is 2. The van der Waals surface area contributed by atoms with E-state index in [1.807, 2.05) is 30.6 Å². The van der Waals surface area contributed by atoms with Crippen molar-refractivity contribution in [2.75, 3.05) is 44.7 Å². The van der Waals surface area contributed by atoms with Gasteiger partial charge in [-0.05, 0) is 61.3 Å². The van der Waals surface area contributed by atoms with Gasteiger partial charge in [-0.3, -0.25) is 30.3 Å². The van der Waals surface area contributed by atoms with Gasteiger partial charge in [0.25, 0.3) is 0 Å². The Bertz CT molecular complexity index is 815. The molecule has 0 aliphatic carbocycles. The van der Waals surface area contributed by atoms with Gasteiger partial charge in [0, 0.05) is 57.6 Å². The first-order chi connectivity index (χ1) is 14.7. The van der Waals surface area contributed by atoms with E-state index in [0.717, 1.165) is 70.8 Å². The number of hydrogen-bond acceptors (Lipinski definition) is 6. The molecular formula is C23H31N5O2. The van der Waals surface area contributed by atoms with E-state index in [4.69, 9.17) is 5.21 Å². The zero-order valence-corrected chi connectivity index (χ0v) is 17.4. The van der Waals surface area contributed by atoms with Crippen LogP contribution < -0.4 is 5.48 Å². The maximum atomic E-state index is 13.0. The minimum absolute atomic E-state index is 0.164. The highest BCUT2D eigenvalue weighted by atomic mass is 16.5. The van der Waals surface area contributed by atoms with Crippen LogP contribution in [0.4, 0.5) is 5.69 Å². The molecule has 4 rings (SSSR count). The highest BCUT2D eigenvalue weighted by molar-refractivity contribution is 5.79. The van der Waals surface area contributed by atoms with Crippen molar-refractivity contribution in [3.8, 4) is 0 Å². The monoisotopic (exact) mass is 409 g/mol. The molecule has 2 aliphatic rings. The number of amides is 1. The second-order valence-corrected chi connectivity index (χ2v) is 8.32. The molecule has 1 aromatic carbocycles. The topological polar surface area (TPSA) is 71.9 Å². The molecule has 0 radical (unpaired) electrons. The summed E-state index contributed by atoms with van der Waals surface area (Å²) in [6.45, 7) is 7.12. The molecule has 1 aromatic heterocycles. The molecule has 160 valence electrons.